The van der Waals surface area contributed by atoms with E-state index in [0.717, 1.165) is 0 Å². The van der Waals surface area contributed by atoms with Gasteiger partial charge >= 0.3 is 5.97 Å². The van der Waals surface area contributed by atoms with Crippen molar-refractivity contribution in [1.82, 2.24) is 0 Å². The van der Waals surface area contributed by atoms with Gasteiger partial charge in [-0.05, 0) is 24.3 Å². The second-order valence-electron chi connectivity index (χ2n) is 4.34. The van der Waals surface area contributed by atoms with Crippen LogP contribution in [0.15, 0.2) is 42.5 Å². The maximum atomic E-state index is 11.7. The molecule has 0 atom stereocenters. The van der Waals surface area contributed by atoms with E-state index < -0.39 is 5.97 Å². The lowest BCUT2D eigenvalue weighted by Gasteiger charge is -2.09. The van der Waals surface area contributed by atoms with Crippen molar-refractivity contribution in [3.63, 3.8) is 0 Å². The summed E-state index contributed by atoms with van der Waals surface area (Å²) < 4.78 is 10.3. The van der Waals surface area contributed by atoms with E-state index in [4.69, 9.17) is 32.7 Å². The average Bonchev–Trinajstić information content (AvgIpc) is 2.52. The Hall–Kier alpha value is -2.04. The van der Waals surface area contributed by atoms with E-state index in [1.54, 1.807) is 42.5 Å². The van der Waals surface area contributed by atoms with Crippen LogP contribution in [0.2, 0.25) is 10.0 Å². The molecule has 22 heavy (non-hydrogen) atoms. The summed E-state index contributed by atoms with van der Waals surface area (Å²) in [7, 11) is 0. The van der Waals surface area contributed by atoms with Crippen molar-refractivity contribution in [2.24, 2.45) is 0 Å². The van der Waals surface area contributed by atoms with E-state index in [1.807, 2.05) is 0 Å². The zero-order valence-corrected chi connectivity index (χ0v) is 12.9. The Labute approximate surface area is 137 Å². The van der Waals surface area contributed by atoms with Gasteiger partial charge in [0.05, 0.1) is 5.56 Å². The number of carbonyl (C=O) groups excluding carboxylic acids is 2. The lowest BCUT2D eigenvalue weighted by atomic mass is 10.2. The Morgan fingerprint density at radius 1 is 1.14 bits per heavy atom. The summed E-state index contributed by atoms with van der Waals surface area (Å²) in [6, 6.07) is 11.5. The maximum Gasteiger partial charge on any atom is 0.344 e. The number of carbonyl (C=O) groups is 2. The van der Waals surface area contributed by atoms with Crippen molar-refractivity contribution in [3.8, 4) is 5.75 Å². The van der Waals surface area contributed by atoms with Gasteiger partial charge in [-0.1, -0.05) is 41.4 Å². The van der Waals surface area contributed by atoms with Crippen molar-refractivity contribution < 1.29 is 19.1 Å². The fourth-order valence-electron chi connectivity index (χ4n) is 1.68. The molecule has 0 amide bonds. The Balaban J connectivity index is 1.87. The Bertz CT molecular complexity index is 686. The molecule has 6 heteroatoms. The number of ether oxygens (including phenoxy) is 2. The minimum atomic E-state index is -0.563. The van der Waals surface area contributed by atoms with E-state index in [-0.39, 0.29) is 13.2 Å². The Morgan fingerprint density at radius 2 is 1.91 bits per heavy atom. The largest absolute Gasteiger partial charge is 0.481 e. The van der Waals surface area contributed by atoms with Gasteiger partial charge in [-0.3, -0.25) is 4.79 Å². The molecule has 0 saturated heterocycles. The summed E-state index contributed by atoms with van der Waals surface area (Å²) >= 11 is 11.8. The molecule has 0 aliphatic carbocycles. The molecular weight excluding hydrogens is 327 g/mol. The van der Waals surface area contributed by atoms with Crippen molar-refractivity contribution in [2.45, 2.75) is 6.61 Å². The molecule has 0 fully saturated rings. The topological polar surface area (TPSA) is 52.6 Å². The summed E-state index contributed by atoms with van der Waals surface area (Å²) in [6.45, 7) is -0.274. The summed E-state index contributed by atoms with van der Waals surface area (Å²) in [5.74, 6) is -0.231. The second kappa shape index (κ2) is 7.82. The smallest absolute Gasteiger partial charge is 0.344 e. The third-order valence-electron chi connectivity index (χ3n) is 2.80. The fourth-order valence-corrected chi connectivity index (χ4v) is 2.15. The van der Waals surface area contributed by atoms with Crippen molar-refractivity contribution >= 4 is 35.5 Å². The third-order valence-corrected chi connectivity index (χ3v) is 3.38. The number of para-hydroxylation sites is 1. The quantitative estimate of drug-likeness (QED) is 0.591. The Kier molecular flexibility index (Phi) is 5.81. The van der Waals surface area contributed by atoms with Gasteiger partial charge in [-0.15, -0.1) is 0 Å². The van der Waals surface area contributed by atoms with Gasteiger partial charge in [-0.25, -0.2) is 4.79 Å². The van der Waals surface area contributed by atoms with Crippen molar-refractivity contribution in [2.75, 3.05) is 6.61 Å². The molecular formula is C16H12Cl2O4. The standard InChI is InChI=1S/C16H12Cl2O4/c17-13-6-5-12(14(18)7-13)9-22-16(20)10-21-15-4-2-1-3-11(15)8-19/h1-8H,9-10H2. The van der Waals surface area contributed by atoms with Crippen molar-refractivity contribution in [3.05, 3.63) is 63.6 Å². The molecule has 2 rings (SSSR count). The summed E-state index contributed by atoms with van der Waals surface area (Å²) in [5, 5.41) is 0.932. The molecule has 0 saturated carbocycles. The van der Waals surface area contributed by atoms with Crippen LogP contribution in [0, 0.1) is 0 Å². The van der Waals surface area contributed by atoms with Crippen molar-refractivity contribution in [1.29, 1.82) is 0 Å². The minimum absolute atomic E-state index is 0.0214. The van der Waals surface area contributed by atoms with Gasteiger partial charge in [0, 0.05) is 15.6 Å². The molecule has 0 unspecified atom stereocenters. The molecule has 0 spiro atoms. The Morgan fingerprint density at radius 3 is 2.64 bits per heavy atom. The second-order valence-corrected chi connectivity index (χ2v) is 5.18. The highest BCUT2D eigenvalue weighted by Crippen LogP contribution is 2.21. The SMILES string of the molecule is O=Cc1ccccc1OCC(=O)OCc1ccc(Cl)cc1Cl. The first-order valence-corrected chi connectivity index (χ1v) is 7.12. The van der Waals surface area contributed by atoms with Crippen LogP contribution in [-0.4, -0.2) is 18.9 Å². The predicted octanol–water partition coefficient (Wildman–Crippen LogP) is 3.93. The first-order chi connectivity index (χ1) is 10.6. The third kappa shape index (κ3) is 4.48. The van der Waals surface area contributed by atoms with Crippen LogP contribution in [0.25, 0.3) is 0 Å². The lowest BCUT2D eigenvalue weighted by Crippen LogP contribution is -2.15. The number of rotatable bonds is 6. The molecule has 0 N–H and O–H groups in total. The number of hydrogen-bond donors (Lipinski definition) is 0. The zero-order valence-electron chi connectivity index (χ0n) is 11.4. The first-order valence-electron chi connectivity index (χ1n) is 6.36. The predicted molar refractivity (Wildman–Crippen MR) is 83.6 cm³/mol. The number of esters is 1. The minimum Gasteiger partial charge on any atom is -0.481 e. The molecule has 0 heterocycles. The van der Waals surface area contributed by atoms with Crippen LogP contribution in [0.4, 0.5) is 0 Å². The van der Waals surface area contributed by atoms with Crippen LogP contribution < -0.4 is 4.74 Å². The summed E-state index contributed by atoms with van der Waals surface area (Å²) in [6.07, 6.45) is 0.661. The van der Waals surface area contributed by atoms with Crippen LogP contribution in [0.5, 0.6) is 5.75 Å². The highest BCUT2D eigenvalue weighted by atomic mass is 35.5. The molecule has 2 aromatic rings. The highest BCUT2D eigenvalue weighted by Gasteiger charge is 2.09. The van der Waals surface area contributed by atoms with Crippen LogP contribution in [0.3, 0.4) is 0 Å². The van der Waals surface area contributed by atoms with Crippen LogP contribution in [0.1, 0.15) is 15.9 Å². The fraction of sp³-hybridized carbons (Fsp3) is 0.125. The van der Waals surface area contributed by atoms with Gasteiger partial charge in [0.25, 0.3) is 0 Å². The lowest BCUT2D eigenvalue weighted by molar-refractivity contribution is -0.147. The van der Waals surface area contributed by atoms with Crippen LogP contribution >= 0.6 is 23.2 Å². The number of aldehydes is 1. The first kappa shape index (κ1) is 16.3. The molecule has 2 aromatic carbocycles. The maximum absolute atomic E-state index is 11.7. The molecule has 0 aliphatic heterocycles. The summed E-state index contributed by atoms with van der Waals surface area (Å²) in [5.41, 5.74) is 1.02. The molecule has 0 bridgehead atoms. The summed E-state index contributed by atoms with van der Waals surface area (Å²) in [4.78, 5) is 22.5. The molecule has 4 nitrogen and oxygen atoms in total. The highest BCUT2D eigenvalue weighted by molar-refractivity contribution is 6.35. The number of halogens is 2. The van der Waals surface area contributed by atoms with Crippen LogP contribution in [-0.2, 0) is 16.1 Å². The number of benzene rings is 2. The van der Waals surface area contributed by atoms with Gasteiger partial charge in [0.15, 0.2) is 12.9 Å². The normalized spacial score (nSPS) is 10.1. The zero-order chi connectivity index (χ0) is 15.9. The number of hydrogen-bond acceptors (Lipinski definition) is 4. The molecule has 0 aliphatic rings. The van der Waals surface area contributed by atoms with E-state index in [9.17, 15) is 9.59 Å². The van der Waals surface area contributed by atoms with E-state index in [2.05, 4.69) is 0 Å². The van der Waals surface area contributed by atoms with Gasteiger partial charge < -0.3 is 9.47 Å². The molecule has 114 valence electrons. The van der Waals surface area contributed by atoms with Gasteiger partial charge in [-0.2, -0.15) is 0 Å². The molecule has 0 aromatic heterocycles. The van der Waals surface area contributed by atoms with Gasteiger partial charge in [0.1, 0.15) is 12.4 Å². The average molecular weight is 339 g/mol. The van der Waals surface area contributed by atoms with E-state index in [0.29, 0.717) is 33.2 Å². The molecule has 0 radical (unpaired) electrons. The van der Waals surface area contributed by atoms with E-state index >= 15 is 0 Å². The van der Waals surface area contributed by atoms with Gasteiger partial charge in [0.2, 0.25) is 0 Å². The van der Waals surface area contributed by atoms with E-state index in [1.165, 1.54) is 0 Å². The monoisotopic (exact) mass is 338 g/mol.